The summed E-state index contributed by atoms with van der Waals surface area (Å²) in [7, 11) is 0. The molecule has 2 aromatic heterocycles. The van der Waals surface area contributed by atoms with Crippen molar-refractivity contribution < 1.29 is 8.83 Å². The zero-order valence-corrected chi connectivity index (χ0v) is 51.4. The Bertz CT molecular complexity index is 5180. The van der Waals surface area contributed by atoms with Crippen molar-refractivity contribution in [2.24, 2.45) is 0 Å². The SMILES string of the molecule is CC(C)(C)c1cc(-c2c3ccccc3c(-c3ccccc3)c3ccccc23)c(C(C)(C)C)cc1-c1nc2ccccc2o1.c1ccc(-c2cc(-c3c4ccccc4c(-c4ccccc4)c4ccccc34)c(-c3ccccc3)cc2-c2nc3ccccc3o2)cc1. The Hall–Kier alpha value is -10.9. The molecule has 0 N–H and O–H groups in total. The van der Waals surface area contributed by atoms with Gasteiger partial charge in [-0.2, -0.15) is 0 Å². The maximum Gasteiger partial charge on any atom is 0.227 e. The predicted molar refractivity (Wildman–Crippen MR) is 379 cm³/mol. The van der Waals surface area contributed by atoms with E-state index in [0.29, 0.717) is 11.8 Å². The van der Waals surface area contributed by atoms with E-state index in [1.807, 2.05) is 48.5 Å². The number of hydrogen-bond acceptors (Lipinski definition) is 4. The molecular formula is C86H66N2O2. The van der Waals surface area contributed by atoms with E-state index in [4.69, 9.17) is 18.8 Å². The third kappa shape index (κ3) is 10.0. The molecule has 0 amide bonds. The van der Waals surface area contributed by atoms with E-state index in [0.717, 1.165) is 55.6 Å². The highest BCUT2D eigenvalue weighted by molar-refractivity contribution is 6.24. The average Bonchev–Trinajstić information content (AvgIpc) is 0.827. The Morgan fingerprint density at radius 3 is 0.889 bits per heavy atom. The van der Waals surface area contributed by atoms with Crippen molar-refractivity contribution >= 4 is 65.3 Å². The van der Waals surface area contributed by atoms with Crippen LogP contribution in [0.1, 0.15) is 52.7 Å². The first-order chi connectivity index (χ1) is 43.9. The van der Waals surface area contributed by atoms with Crippen molar-refractivity contribution in [3.05, 3.63) is 302 Å². The van der Waals surface area contributed by atoms with E-state index in [1.54, 1.807) is 0 Å². The standard InChI is InChI=1S/C45H29NO.C41H37NO/c1-4-16-30(17-5-1)37-29-40(45-46-41-26-14-15-27-42(41)47-45)38(31-18-6-2-7-19-31)28-39(37)44-35-24-12-10-22-33(35)43(32-20-8-3-9-21-32)34-23-11-13-25-36(34)44;1-40(2,3)33-25-32(39-42-35-22-14-15-23-36(35)43-39)34(41(4,5)6)24-31(33)38-29-20-12-10-18-27(29)37(26-16-8-7-9-17-26)28-19-11-13-21-30(28)38/h1-29H;7-25H,1-6H3. The van der Waals surface area contributed by atoms with Gasteiger partial charge in [-0.15, -0.1) is 0 Å². The number of fused-ring (bicyclic) bond motifs is 6. The van der Waals surface area contributed by atoms with E-state index in [9.17, 15) is 0 Å². The van der Waals surface area contributed by atoms with Gasteiger partial charge in [0.1, 0.15) is 11.0 Å². The summed E-state index contributed by atoms with van der Waals surface area (Å²) < 4.78 is 12.8. The smallest absolute Gasteiger partial charge is 0.227 e. The largest absolute Gasteiger partial charge is 0.436 e. The fourth-order valence-electron chi connectivity index (χ4n) is 13.6. The molecule has 0 spiro atoms. The van der Waals surface area contributed by atoms with Gasteiger partial charge in [-0.25, -0.2) is 9.97 Å². The van der Waals surface area contributed by atoms with Crippen LogP contribution in [0.3, 0.4) is 0 Å². The number of nitrogens with zero attached hydrogens (tertiary/aromatic N) is 2. The van der Waals surface area contributed by atoms with Crippen molar-refractivity contribution in [1.29, 1.82) is 0 Å². The maximum atomic E-state index is 6.45. The van der Waals surface area contributed by atoms with Crippen LogP contribution < -0.4 is 0 Å². The van der Waals surface area contributed by atoms with Crippen LogP contribution in [0.4, 0.5) is 0 Å². The molecule has 0 aliphatic carbocycles. The number of aromatic nitrogens is 2. The van der Waals surface area contributed by atoms with Crippen LogP contribution in [0.25, 0.3) is 155 Å². The molecule has 4 heteroatoms. The second kappa shape index (κ2) is 22.6. The molecule has 432 valence electrons. The van der Waals surface area contributed by atoms with Gasteiger partial charge >= 0.3 is 0 Å². The zero-order chi connectivity index (χ0) is 61.1. The van der Waals surface area contributed by atoms with Crippen LogP contribution in [0.2, 0.25) is 0 Å². The third-order valence-corrected chi connectivity index (χ3v) is 17.7. The molecule has 0 unspecified atom stereocenters. The molecule has 16 rings (SSSR count). The van der Waals surface area contributed by atoms with E-state index in [2.05, 4.69) is 284 Å². The first kappa shape index (κ1) is 55.6. The molecule has 0 bridgehead atoms. The van der Waals surface area contributed by atoms with Crippen LogP contribution in [0, 0.1) is 0 Å². The second-order valence-electron chi connectivity index (χ2n) is 25.5. The van der Waals surface area contributed by atoms with Gasteiger partial charge < -0.3 is 8.83 Å². The lowest BCUT2D eigenvalue weighted by Crippen LogP contribution is -2.18. The number of benzene rings is 14. The van der Waals surface area contributed by atoms with Crippen molar-refractivity contribution in [2.75, 3.05) is 0 Å². The van der Waals surface area contributed by atoms with Gasteiger partial charge in [0.15, 0.2) is 11.2 Å². The Balaban J connectivity index is 0.000000151. The Labute approximate surface area is 525 Å². The molecule has 16 aromatic rings. The summed E-state index contributed by atoms with van der Waals surface area (Å²) in [6.45, 7) is 13.8. The van der Waals surface area contributed by atoms with Gasteiger partial charge in [0, 0.05) is 11.1 Å². The minimum absolute atomic E-state index is 0.132. The summed E-state index contributed by atoms with van der Waals surface area (Å²) in [6.07, 6.45) is 0. The normalized spacial score (nSPS) is 11.9. The summed E-state index contributed by atoms with van der Waals surface area (Å²) in [5.41, 5.74) is 22.0. The lowest BCUT2D eigenvalue weighted by molar-refractivity contribution is 0.571. The summed E-state index contributed by atoms with van der Waals surface area (Å²) in [6, 6.07) is 104. The summed E-state index contributed by atoms with van der Waals surface area (Å²) in [5.74, 6) is 1.29. The molecule has 0 fully saturated rings. The summed E-state index contributed by atoms with van der Waals surface area (Å²) >= 11 is 0. The van der Waals surface area contributed by atoms with Crippen LogP contribution >= 0.6 is 0 Å². The average molecular weight is 1160 g/mol. The molecule has 0 radical (unpaired) electrons. The van der Waals surface area contributed by atoms with Gasteiger partial charge in [-0.1, -0.05) is 284 Å². The lowest BCUT2D eigenvalue weighted by atomic mass is 9.74. The molecule has 2 heterocycles. The van der Waals surface area contributed by atoms with E-state index in [1.165, 1.54) is 98.7 Å². The minimum atomic E-state index is -0.142. The fraction of sp³-hybridized carbons (Fsp3) is 0.0930. The van der Waals surface area contributed by atoms with Crippen LogP contribution in [-0.2, 0) is 10.8 Å². The van der Waals surface area contributed by atoms with Crippen LogP contribution in [-0.4, -0.2) is 9.97 Å². The second-order valence-corrected chi connectivity index (χ2v) is 25.5. The van der Waals surface area contributed by atoms with E-state index in [-0.39, 0.29) is 10.8 Å². The third-order valence-electron chi connectivity index (χ3n) is 17.7. The summed E-state index contributed by atoms with van der Waals surface area (Å²) in [5, 5.41) is 9.96. The van der Waals surface area contributed by atoms with Crippen molar-refractivity contribution in [2.45, 2.75) is 52.4 Å². The van der Waals surface area contributed by atoms with Gasteiger partial charge in [-0.05, 0) is 180 Å². The summed E-state index contributed by atoms with van der Waals surface area (Å²) in [4.78, 5) is 9.95. The molecule has 4 nitrogen and oxygen atoms in total. The van der Waals surface area contributed by atoms with Crippen molar-refractivity contribution in [1.82, 2.24) is 9.97 Å². The van der Waals surface area contributed by atoms with Crippen molar-refractivity contribution in [3.8, 4) is 89.7 Å². The monoisotopic (exact) mass is 1160 g/mol. The molecule has 90 heavy (non-hydrogen) atoms. The fourth-order valence-corrected chi connectivity index (χ4v) is 13.6. The van der Waals surface area contributed by atoms with Crippen LogP contribution in [0.15, 0.2) is 300 Å². The number of hydrogen-bond donors (Lipinski definition) is 0. The molecule has 14 aromatic carbocycles. The topological polar surface area (TPSA) is 52.1 Å². The first-order valence-corrected chi connectivity index (χ1v) is 31.1. The van der Waals surface area contributed by atoms with Gasteiger partial charge in [-0.3, -0.25) is 0 Å². The number of oxazole rings is 2. The van der Waals surface area contributed by atoms with Crippen molar-refractivity contribution in [3.63, 3.8) is 0 Å². The Morgan fingerprint density at radius 2 is 0.511 bits per heavy atom. The number of rotatable bonds is 8. The lowest BCUT2D eigenvalue weighted by Gasteiger charge is -2.30. The number of para-hydroxylation sites is 4. The molecule has 0 atom stereocenters. The highest BCUT2D eigenvalue weighted by Gasteiger charge is 2.31. The molecule has 0 aliphatic rings. The quantitative estimate of drug-likeness (QED) is 0.142. The van der Waals surface area contributed by atoms with E-state index >= 15 is 0 Å². The highest BCUT2D eigenvalue weighted by Crippen LogP contribution is 2.52. The van der Waals surface area contributed by atoms with Gasteiger partial charge in [0.2, 0.25) is 11.8 Å². The maximum absolute atomic E-state index is 6.45. The molecular weight excluding hydrogens is 1090 g/mol. The van der Waals surface area contributed by atoms with Gasteiger partial charge in [0.05, 0.1) is 0 Å². The first-order valence-electron chi connectivity index (χ1n) is 31.1. The van der Waals surface area contributed by atoms with E-state index < -0.39 is 0 Å². The molecule has 0 aliphatic heterocycles. The van der Waals surface area contributed by atoms with Crippen LogP contribution in [0.5, 0.6) is 0 Å². The minimum Gasteiger partial charge on any atom is -0.436 e. The molecule has 0 saturated heterocycles. The highest BCUT2D eigenvalue weighted by atomic mass is 16.4. The zero-order valence-electron chi connectivity index (χ0n) is 51.4. The Morgan fingerprint density at radius 1 is 0.233 bits per heavy atom. The molecule has 0 saturated carbocycles. The predicted octanol–water partition coefficient (Wildman–Crippen LogP) is 24.2. The van der Waals surface area contributed by atoms with Gasteiger partial charge in [0.25, 0.3) is 0 Å². The Kier molecular flexibility index (Phi) is 14.0.